The second kappa shape index (κ2) is 4.80. The summed E-state index contributed by atoms with van der Waals surface area (Å²) >= 11 is 0. The highest BCUT2D eigenvalue weighted by Crippen LogP contribution is 2.10. The van der Waals surface area contributed by atoms with E-state index in [1.54, 1.807) is 6.33 Å². The average molecular weight is 269 g/mol. The first-order valence-corrected chi connectivity index (χ1v) is 6.46. The van der Waals surface area contributed by atoms with E-state index in [2.05, 4.69) is 9.97 Å². The summed E-state index contributed by atoms with van der Waals surface area (Å²) < 4.78 is 2.94. The summed E-state index contributed by atoms with van der Waals surface area (Å²) in [4.78, 5) is 20.7. The Morgan fingerprint density at radius 1 is 1.25 bits per heavy atom. The third kappa shape index (κ3) is 1.95. The van der Waals surface area contributed by atoms with Crippen LogP contribution in [-0.4, -0.2) is 19.2 Å². The van der Waals surface area contributed by atoms with E-state index < -0.39 is 0 Å². The topological polar surface area (TPSA) is 78.7 Å². The number of nitrogens with two attached hydrogens (primary N) is 1. The van der Waals surface area contributed by atoms with Gasteiger partial charge >= 0.3 is 0 Å². The van der Waals surface area contributed by atoms with E-state index in [1.165, 1.54) is 0 Å². The lowest BCUT2D eigenvalue weighted by atomic mass is 10.2. The number of rotatable bonds is 3. The van der Waals surface area contributed by atoms with Crippen molar-refractivity contribution >= 4 is 11.2 Å². The molecule has 6 heteroatoms. The minimum Gasteiger partial charge on any atom is -0.335 e. The zero-order valence-corrected chi connectivity index (χ0v) is 11.2. The van der Waals surface area contributed by atoms with Gasteiger partial charge in [0.15, 0.2) is 11.2 Å². The number of nitrogen functional groups attached to an aromatic ring is 1. The number of fused-ring (bicyclic) bond motifs is 1. The molecule has 0 saturated carbocycles. The predicted octanol–water partition coefficient (Wildman–Crippen LogP) is 0.917. The molecule has 0 aliphatic heterocycles. The van der Waals surface area contributed by atoms with Gasteiger partial charge in [0.25, 0.3) is 5.56 Å². The Hall–Kier alpha value is -2.63. The summed E-state index contributed by atoms with van der Waals surface area (Å²) in [6.45, 7) is 2.54. The Morgan fingerprint density at radius 2 is 2.00 bits per heavy atom. The van der Waals surface area contributed by atoms with E-state index in [-0.39, 0.29) is 5.56 Å². The molecular formula is C14H15N5O. The van der Waals surface area contributed by atoms with Gasteiger partial charge < -0.3 is 10.4 Å². The molecule has 2 heterocycles. The van der Waals surface area contributed by atoms with Gasteiger partial charge in [0.1, 0.15) is 5.82 Å². The highest BCUT2D eigenvalue weighted by atomic mass is 16.1. The van der Waals surface area contributed by atoms with Crippen LogP contribution in [0.2, 0.25) is 0 Å². The largest absolute Gasteiger partial charge is 0.335 e. The molecule has 1 aromatic carbocycles. The Bertz CT molecular complexity index is 804. The zero-order valence-electron chi connectivity index (χ0n) is 11.2. The summed E-state index contributed by atoms with van der Waals surface area (Å²) in [7, 11) is 0. The van der Waals surface area contributed by atoms with Crippen molar-refractivity contribution in [2.75, 3.05) is 5.84 Å². The van der Waals surface area contributed by atoms with Gasteiger partial charge in [0, 0.05) is 6.42 Å². The monoisotopic (exact) mass is 269 g/mol. The zero-order chi connectivity index (χ0) is 14.1. The third-order valence-electron chi connectivity index (χ3n) is 3.26. The highest BCUT2D eigenvalue weighted by molar-refractivity contribution is 5.69. The number of hydrogen-bond donors (Lipinski definition) is 1. The molecule has 20 heavy (non-hydrogen) atoms. The molecule has 0 unspecified atom stereocenters. The van der Waals surface area contributed by atoms with E-state index in [0.29, 0.717) is 30.0 Å². The normalized spacial score (nSPS) is 11.1. The second-order valence-corrected chi connectivity index (χ2v) is 4.59. The second-order valence-electron chi connectivity index (χ2n) is 4.59. The van der Waals surface area contributed by atoms with Crippen LogP contribution in [0.4, 0.5) is 0 Å². The molecule has 0 bridgehead atoms. The van der Waals surface area contributed by atoms with E-state index in [0.717, 1.165) is 10.2 Å². The smallest absolute Gasteiger partial charge is 0.300 e. The number of benzene rings is 1. The molecule has 3 aromatic rings. The van der Waals surface area contributed by atoms with Crippen LogP contribution in [0.25, 0.3) is 11.2 Å². The summed E-state index contributed by atoms with van der Waals surface area (Å²) in [6, 6.07) is 9.97. The molecule has 0 spiro atoms. The summed E-state index contributed by atoms with van der Waals surface area (Å²) in [5.74, 6) is 6.27. The van der Waals surface area contributed by atoms with Gasteiger partial charge in [0.05, 0.1) is 12.9 Å². The fourth-order valence-corrected chi connectivity index (χ4v) is 2.20. The number of aryl methyl sites for hydroxylation is 1. The van der Waals surface area contributed by atoms with Crippen molar-refractivity contribution in [3.63, 3.8) is 0 Å². The SMILES string of the molecule is CCc1nc2c(ncn2Cc2ccccc2)c(=O)n1N. The molecule has 3 rings (SSSR count). The quantitative estimate of drug-likeness (QED) is 0.717. The number of aromatic nitrogens is 4. The fourth-order valence-electron chi connectivity index (χ4n) is 2.20. The Balaban J connectivity index is 2.14. The number of imidazole rings is 1. The first-order valence-electron chi connectivity index (χ1n) is 6.46. The highest BCUT2D eigenvalue weighted by Gasteiger charge is 2.13. The fraction of sp³-hybridized carbons (Fsp3) is 0.214. The summed E-state index contributed by atoms with van der Waals surface area (Å²) in [5, 5.41) is 0. The van der Waals surface area contributed by atoms with Crippen molar-refractivity contribution in [3.8, 4) is 0 Å². The molecule has 0 aliphatic carbocycles. The van der Waals surface area contributed by atoms with Crippen molar-refractivity contribution in [2.24, 2.45) is 0 Å². The molecule has 6 nitrogen and oxygen atoms in total. The lowest BCUT2D eigenvalue weighted by Gasteiger charge is -2.07. The maximum absolute atomic E-state index is 12.1. The summed E-state index contributed by atoms with van der Waals surface area (Å²) in [5.41, 5.74) is 1.71. The van der Waals surface area contributed by atoms with Crippen molar-refractivity contribution in [1.29, 1.82) is 0 Å². The van der Waals surface area contributed by atoms with E-state index in [4.69, 9.17) is 5.84 Å². The first kappa shape index (κ1) is 12.4. The van der Waals surface area contributed by atoms with Gasteiger partial charge in [-0.25, -0.2) is 14.6 Å². The van der Waals surface area contributed by atoms with Gasteiger partial charge in [-0.05, 0) is 5.56 Å². The minimum atomic E-state index is -0.307. The molecule has 0 radical (unpaired) electrons. The van der Waals surface area contributed by atoms with Crippen LogP contribution in [-0.2, 0) is 13.0 Å². The molecule has 2 aromatic heterocycles. The predicted molar refractivity (Wildman–Crippen MR) is 76.9 cm³/mol. The Kier molecular flexibility index (Phi) is 2.98. The van der Waals surface area contributed by atoms with Gasteiger partial charge in [0.2, 0.25) is 0 Å². The standard InChI is InChI=1S/C14H15N5O/c1-2-11-17-13-12(14(20)19(11)15)16-9-18(13)8-10-6-4-3-5-7-10/h3-7,9H,2,8,15H2,1H3. The maximum atomic E-state index is 12.1. The molecule has 0 amide bonds. The average Bonchev–Trinajstić information content (AvgIpc) is 2.87. The van der Waals surface area contributed by atoms with Crippen molar-refractivity contribution in [3.05, 3.63) is 58.4 Å². The molecular weight excluding hydrogens is 254 g/mol. The molecule has 0 atom stereocenters. The third-order valence-corrected chi connectivity index (χ3v) is 3.26. The maximum Gasteiger partial charge on any atom is 0.300 e. The van der Waals surface area contributed by atoms with Crippen LogP contribution >= 0.6 is 0 Å². The first-order chi connectivity index (χ1) is 9.70. The number of nitrogens with zero attached hydrogens (tertiary/aromatic N) is 4. The van der Waals surface area contributed by atoms with Gasteiger partial charge in [-0.3, -0.25) is 4.79 Å². The van der Waals surface area contributed by atoms with E-state index in [9.17, 15) is 4.79 Å². The van der Waals surface area contributed by atoms with Crippen LogP contribution < -0.4 is 11.4 Å². The Morgan fingerprint density at radius 3 is 2.70 bits per heavy atom. The lowest BCUT2D eigenvalue weighted by molar-refractivity contribution is 0.771. The van der Waals surface area contributed by atoms with Crippen LogP contribution in [0.15, 0.2) is 41.5 Å². The Labute approximate surface area is 115 Å². The van der Waals surface area contributed by atoms with Crippen molar-refractivity contribution in [1.82, 2.24) is 19.2 Å². The van der Waals surface area contributed by atoms with Gasteiger partial charge in [-0.1, -0.05) is 37.3 Å². The molecule has 0 fully saturated rings. The van der Waals surface area contributed by atoms with Gasteiger partial charge in [-0.15, -0.1) is 0 Å². The van der Waals surface area contributed by atoms with Crippen molar-refractivity contribution < 1.29 is 0 Å². The lowest BCUT2D eigenvalue weighted by Crippen LogP contribution is -2.31. The van der Waals surface area contributed by atoms with Crippen LogP contribution in [0.5, 0.6) is 0 Å². The van der Waals surface area contributed by atoms with Crippen LogP contribution in [0.3, 0.4) is 0 Å². The van der Waals surface area contributed by atoms with Crippen LogP contribution in [0.1, 0.15) is 18.3 Å². The van der Waals surface area contributed by atoms with Crippen LogP contribution in [0, 0.1) is 0 Å². The van der Waals surface area contributed by atoms with Crippen molar-refractivity contribution in [2.45, 2.75) is 19.9 Å². The molecule has 0 saturated heterocycles. The van der Waals surface area contributed by atoms with E-state index >= 15 is 0 Å². The summed E-state index contributed by atoms with van der Waals surface area (Å²) in [6.07, 6.45) is 2.23. The molecule has 0 aliphatic rings. The number of hydrogen-bond acceptors (Lipinski definition) is 4. The molecule has 2 N–H and O–H groups in total. The van der Waals surface area contributed by atoms with Gasteiger partial charge in [-0.2, -0.15) is 0 Å². The molecule has 102 valence electrons. The van der Waals surface area contributed by atoms with E-state index in [1.807, 2.05) is 41.8 Å². The minimum absolute atomic E-state index is 0.306.